The van der Waals surface area contributed by atoms with E-state index in [2.05, 4.69) is 42.2 Å². The van der Waals surface area contributed by atoms with Gasteiger partial charge in [-0.3, -0.25) is 0 Å². The Bertz CT molecular complexity index is 526. The third-order valence-corrected chi connectivity index (χ3v) is 5.80. The molecule has 0 fully saturated rings. The van der Waals surface area contributed by atoms with Crippen molar-refractivity contribution in [3.05, 3.63) is 43.8 Å². The smallest absolute Gasteiger partial charge is 0.0395 e. The molecule has 96 valence electrons. The number of likely N-dealkylation sites (N-methyl/N-ethyl adjacent to an activating group) is 1. The number of nitrogens with one attached hydrogen (secondary N) is 1. The van der Waals surface area contributed by atoms with Gasteiger partial charge in [-0.15, -0.1) is 22.7 Å². The molecule has 2 aromatic heterocycles. The highest BCUT2D eigenvalue weighted by Crippen LogP contribution is 2.42. The van der Waals surface area contributed by atoms with Crippen LogP contribution in [0.1, 0.15) is 45.7 Å². The van der Waals surface area contributed by atoms with Crippen molar-refractivity contribution in [1.29, 1.82) is 0 Å². The highest BCUT2D eigenvalue weighted by Gasteiger charge is 2.29. The van der Waals surface area contributed by atoms with E-state index in [0.29, 0.717) is 12.0 Å². The molecule has 0 spiro atoms. The van der Waals surface area contributed by atoms with Gasteiger partial charge in [-0.05, 0) is 67.3 Å². The summed E-state index contributed by atoms with van der Waals surface area (Å²) >= 11 is 3.79. The molecule has 0 saturated carbocycles. The molecule has 18 heavy (non-hydrogen) atoms. The summed E-state index contributed by atoms with van der Waals surface area (Å²) in [4.78, 5) is 3.02. The molecule has 3 heteroatoms. The van der Waals surface area contributed by atoms with Crippen LogP contribution in [0.3, 0.4) is 0 Å². The SMILES string of the molecule is CNC(c1csc(C)c1)C1CCCc2sccc21. The Hall–Kier alpha value is -0.640. The maximum atomic E-state index is 3.54. The van der Waals surface area contributed by atoms with Crippen LogP contribution in [0, 0.1) is 6.92 Å². The number of hydrogen-bond donors (Lipinski definition) is 1. The molecule has 1 N–H and O–H groups in total. The Kier molecular flexibility index (Phi) is 3.55. The van der Waals surface area contributed by atoms with Gasteiger partial charge in [-0.2, -0.15) is 0 Å². The van der Waals surface area contributed by atoms with Crippen LogP contribution in [0.15, 0.2) is 22.9 Å². The fraction of sp³-hybridized carbons (Fsp3) is 0.467. The first-order chi connectivity index (χ1) is 8.79. The Morgan fingerprint density at radius 3 is 3.00 bits per heavy atom. The van der Waals surface area contributed by atoms with E-state index in [0.717, 1.165) is 0 Å². The summed E-state index contributed by atoms with van der Waals surface area (Å²) in [6, 6.07) is 5.16. The predicted octanol–water partition coefficient (Wildman–Crippen LogP) is 4.50. The van der Waals surface area contributed by atoms with Crippen LogP contribution in [-0.2, 0) is 6.42 Å². The molecular formula is C15H19NS2. The van der Waals surface area contributed by atoms with Gasteiger partial charge in [-0.25, -0.2) is 0 Å². The summed E-state index contributed by atoms with van der Waals surface area (Å²) < 4.78 is 0. The Balaban J connectivity index is 1.94. The first-order valence-electron chi connectivity index (χ1n) is 6.58. The quantitative estimate of drug-likeness (QED) is 0.871. The lowest BCUT2D eigenvalue weighted by atomic mass is 9.80. The van der Waals surface area contributed by atoms with E-state index in [9.17, 15) is 0 Å². The van der Waals surface area contributed by atoms with Crippen molar-refractivity contribution >= 4 is 22.7 Å². The second-order valence-corrected chi connectivity index (χ2v) is 7.17. The predicted molar refractivity (Wildman–Crippen MR) is 80.9 cm³/mol. The van der Waals surface area contributed by atoms with E-state index < -0.39 is 0 Å². The third kappa shape index (κ3) is 2.15. The van der Waals surface area contributed by atoms with Crippen LogP contribution in [0.5, 0.6) is 0 Å². The van der Waals surface area contributed by atoms with Crippen LogP contribution in [0.25, 0.3) is 0 Å². The topological polar surface area (TPSA) is 12.0 Å². The minimum atomic E-state index is 0.476. The normalized spacial score (nSPS) is 20.7. The number of hydrogen-bond acceptors (Lipinski definition) is 3. The summed E-state index contributed by atoms with van der Waals surface area (Å²) in [6.07, 6.45) is 3.92. The molecule has 1 aliphatic carbocycles. The molecule has 2 unspecified atom stereocenters. The Morgan fingerprint density at radius 2 is 2.28 bits per heavy atom. The minimum absolute atomic E-state index is 0.476. The maximum Gasteiger partial charge on any atom is 0.0395 e. The van der Waals surface area contributed by atoms with Gasteiger partial charge < -0.3 is 5.32 Å². The number of thiophene rings is 2. The van der Waals surface area contributed by atoms with Gasteiger partial charge in [-0.1, -0.05) is 0 Å². The zero-order valence-corrected chi connectivity index (χ0v) is 12.5. The van der Waals surface area contributed by atoms with Crippen molar-refractivity contribution in [1.82, 2.24) is 5.32 Å². The molecule has 1 nitrogen and oxygen atoms in total. The summed E-state index contributed by atoms with van der Waals surface area (Å²) in [5.41, 5.74) is 3.05. The Labute approximate surface area is 117 Å². The largest absolute Gasteiger partial charge is 0.312 e. The standard InChI is InChI=1S/C15H19NS2/c1-10-8-11(9-18-10)15(16-2)13-4-3-5-14-12(13)6-7-17-14/h6-9,13,15-16H,3-5H2,1-2H3. The third-order valence-electron chi connectivity index (χ3n) is 3.92. The lowest BCUT2D eigenvalue weighted by molar-refractivity contribution is 0.429. The first kappa shape index (κ1) is 12.4. The minimum Gasteiger partial charge on any atom is -0.312 e. The van der Waals surface area contributed by atoms with Crippen molar-refractivity contribution in [2.24, 2.45) is 0 Å². The van der Waals surface area contributed by atoms with Crippen molar-refractivity contribution < 1.29 is 0 Å². The molecule has 0 radical (unpaired) electrons. The maximum absolute atomic E-state index is 3.54. The molecule has 2 atom stereocenters. The average Bonchev–Trinajstić information content (AvgIpc) is 2.99. The van der Waals surface area contributed by atoms with Gasteiger partial charge in [0.15, 0.2) is 0 Å². The molecule has 0 bridgehead atoms. The number of fused-ring (bicyclic) bond motifs is 1. The van der Waals surface area contributed by atoms with Gasteiger partial charge in [0.2, 0.25) is 0 Å². The van der Waals surface area contributed by atoms with E-state index in [4.69, 9.17) is 0 Å². The van der Waals surface area contributed by atoms with E-state index in [1.165, 1.54) is 29.7 Å². The van der Waals surface area contributed by atoms with E-state index in [1.54, 1.807) is 10.4 Å². The van der Waals surface area contributed by atoms with Crippen molar-refractivity contribution in [3.63, 3.8) is 0 Å². The zero-order valence-electron chi connectivity index (χ0n) is 10.9. The van der Waals surface area contributed by atoms with E-state index in [-0.39, 0.29) is 0 Å². The number of rotatable bonds is 3. The van der Waals surface area contributed by atoms with Gasteiger partial charge in [0.25, 0.3) is 0 Å². The van der Waals surface area contributed by atoms with E-state index in [1.807, 2.05) is 22.7 Å². The van der Waals surface area contributed by atoms with Crippen LogP contribution < -0.4 is 5.32 Å². The lowest BCUT2D eigenvalue weighted by Gasteiger charge is -2.30. The van der Waals surface area contributed by atoms with Gasteiger partial charge in [0, 0.05) is 21.7 Å². The molecule has 1 aliphatic rings. The van der Waals surface area contributed by atoms with E-state index >= 15 is 0 Å². The van der Waals surface area contributed by atoms with Crippen molar-refractivity contribution in [3.8, 4) is 0 Å². The molecule has 3 rings (SSSR count). The molecule has 0 amide bonds. The summed E-state index contributed by atoms with van der Waals surface area (Å²) in [5.74, 6) is 0.652. The van der Waals surface area contributed by atoms with Crippen LogP contribution >= 0.6 is 22.7 Å². The van der Waals surface area contributed by atoms with Crippen LogP contribution in [0.4, 0.5) is 0 Å². The fourth-order valence-electron chi connectivity index (χ4n) is 3.10. The molecule has 0 aromatic carbocycles. The van der Waals surface area contributed by atoms with Gasteiger partial charge in [0.05, 0.1) is 0 Å². The molecule has 2 heterocycles. The molecular weight excluding hydrogens is 258 g/mol. The summed E-state index contributed by atoms with van der Waals surface area (Å²) in [7, 11) is 2.10. The summed E-state index contributed by atoms with van der Waals surface area (Å²) in [6.45, 7) is 2.19. The average molecular weight is 277 g/mol. The van der Waals surface area contributed by atoms with Crippen LogP contribution in [-0.4, -0.2) is 7.05 Å². The van der Waals surface area contributed by atoms with Gasteiger partial charge >= 0.3 is 0 Å². The molecule has 0 aliphatic heterocycles. The second kappa shape index (κ2) is 5.16. The summed E-state index contributed by atoms with van der Waals surface area (Å²) in [5, 5.41) is 8.12. The lowest BCUT2D eigenvalue weighted by Crippen LogP contribution is -2.25. The zero-order chi connectivity index (χ0) is 12.5. The van der Waals surface area contributed by atoms with Crippen LogP contribution in [0.2, 0.25) is 0 Å². The number of aryl methyl sites for hydroxylation is 2. The van der Waals surface area contributed by atoms with Crippen molar-refractivity contribution in [2.45, 2.75) is 38.1 Å². The monoisotopic (exact) mass is 277 g/mol. The van der Waals surface area contributed by atoms with Crippen molar-refractivity contribution in [2.75, 3.05) is 7.05 Å². The highest BCUT2D eigenvalue weighted by molar-refractivity contribution is 7.10. The second-order valence-electron chi connectivity index (χ2n) is 5.05. The van der Waals surface area contributed by atoms with Gasteiger partial charge in [0.1, 0.15) is 0 Å². The fourth-order valence-corrected chi connectivity index (χ4v) is 4.83. The Morgan fingerprint density at radius 1 is 1.39 bits per heavy atom. The molecule has 0 saturated heterocycles. The first-order valence-corrected chi connectivity index (χ1v) is 8.34. The highest BCUT2D eigenvalue weighted by atomic mass is 32.1. The molecule has 2 aromatic rings.